The number of rotatable bonds is 48. The molecular weight excluding hydrogens is 781 g/mol. The van der Waals surface area contributed by atoms with Gasteiger partial charge in [0.25, 0.3) is 0 Å². The molecule has 0 atom stereocenters. The molecule has 0 radical (unpaired) electrons. The third kappa shape index (κ3) is 31.4. The number of hydrogen-bond acceptors (Lipinski definition) is 3. The highest BCUT2D eigenvalue weighted by Gasteiger charge is 2.60. The molecule has 0 N–H and O–H groups in total. The molecule has 1 saturated heterocycles. The molecule has 0 aromatic carbocycles. The zero-order valence-corrected chi connectivity index (χ0v) is 45.7. The van der Waals surface area contributed by atoms with Crippen molar-refractivity contribution < 1.29 is 12.3 Å². The van der Waals surface area contributed by atoms with Gasteiger partial charge in [-0.3, -0.25) is 0 Å². The van der Waals surface area contributed by atoms with Crippen LogP contribution in [0.3, 0.4) is 0 Å². The SMILES string of the molecule is CCCCCCCCC[Si]1(CCCCCCCCC)O[Si](CCCCCCCCC)(CCCCCCCCC)O[Si](CCCCCCCCC)(CCCCCCCCC)O1. The summed E-state index contributed by atoms with van der Waals surface area (Å²) in [7, 11) is -7.35. The van der Waals surface area contributed by atoms with E-state index in [9.17, 15) is 0 Å². The van der Waals surface area contributed by atoms with Gasteiger partial charge in [0.2, 0.25) is 0 Å². The van der Waals surface area contributed by atoms with Crippen molar-refractivity contribution in [3.63, 3.8) is 0 Å². The molecule has 0 bridgehead atoms. The summed E-state index contributed by atoms with van der Waals surface area (Å²) >= 11 is 0. The first-order valence-electron chi connectivity index (χ1n) is 28.6. The van der Waals surface area contributed by atoms with Crippen molar-refractivity contribution in [3.8, 4) is 0 Å². The number of unbranched alkanes of at least 4 members (excludes halogenated alkanes) is 36. The molecule has 0 unspecified atom stereocenters. The maximum absolute atomic E-state index is 8.11. The predicted octanol–water partition coefficient (Wildman–Crippen LogP) is 20.9. The van der Waals surface area contributed by atoms with Crippen molar-refractivity contribution in [1.82, 2.24) is 0 Å². The van der Waals surface area contributed by atoms with Gasteiger partial charge >= 0.3 is 25.7 Å². The standard InChI is InChI=1S/C54H114O3Si3/c1-7-13-19-25-31-37-43-49-58(50-44-38-32-26-20-14-8-2)55-59(51-45-39-33-27-21-15-9-3,52-46-40-34-28-22-16-10-4)57-60(56-58,53-47-41-35-29-23-17-11-5)54-48-42-36-30-24-18-12-6/h7-54H2,1-6H3. The molecule has 0 aromatic rings. The first-order valence-corrected chi connectivity index (χ1v) is 35.3. The highest BCUT2D eigenvalue weighted by atomic mass is 28.5. The molecule has 1 fully saturated rings. The fourth-order valence-electron chi connectivity index (χ4n) is 10.2. The smallest absolute Gasteiger partial charge is 0.320 e. The maximum atomic E-state index is 8.11. The monoisotopic (exact) mass is 895 g/mol. The van der Waals surface area contributed by atoms with Crippen molar-refractivity contribution in [2.45, 2.75) is 347 Å². The lowest BCUT2D eigenvalue weighted by atomic mass is 10.1. The van der Waals surface area contributed by atoms with Crippen molar-refractivity contribution in [1.29, 1.82) is 0 Å². The summed E-state index contributed by atoms with van der Waals surface area (Å²) in [5.41, 5.74) is 0. The van der Waals surface area contributed by atoms with Gasteiger partial charge in [-0.2, -0.15) is 0 Å². The van der Waals surface area contributed by atoms with Gasteiger partial charge < -0.3 is 12.3 Å². The van der Waals surface area contributed by atoms with Crippen LogP contribution in [0.4, 0.5) is 0 Å². The third-order valence-corrected chi connectivity index (χ3v) is 29.7. The molecule has 0 aliphatic carbocycles. The minimum Gasteiger partial charge on any atom is -0.415 e. The summed E-state index contributed by atoms with van der Waals surface area (Å²) < 4.78 is 24.3. The molecule has 0 saturated carbocycles. The third-order valence-electron chi connectivity index (χ3n) is 14.1. The maximum Gasteiger partial charge on any atom is 0.320 e. The summed E-state index contributed by atoms with van der Waals surface area (Å²) in [6.07, 6.45) is 58.0. The van der Waals surface area contributed by atoms with E-state index in [0.29, 0.717) is 0 Å². The van der Waals surface area contributed by atoms with Crippen molar-refractivity contribution in [3.05, 3.63) is 0 Å². The Hall–Kier alpha value is 0.531. The van der Waals surface area contributed by atoms with Gasteiger partial charge in [0.05, 0.1) is 0 Å². The summed E-state index contributed by atoms with van der Waals surface area (Å²) in [6.45, 7) is 14.1. The summed E-state index contributed by atoms with van der Waals surface area (Å²) in [6, 6.07) is 7.53. The second-order valence-electron chi connectivity index (χ2n) is 20.3. The van der Waals surface area contributed by atoms with Crippen LogP contribution in [0.25, 0.3) is 0 Å². The Bertz CT molecular complexity index is 696. The van der Waals surface area contributed by atoms with Crippen molar-refractivity contribution in [2.75, 3.05) is 0 Å². The number of hydrogen-bond donors (Lipinski definition) is 0. The molecule has 1 heterocycles. The molecule has 60 heavy (non-hydrogen) atoms. The lowest BCUT2D eigenvalue weighted by molar-refractivity contribution is 0.201. The second-order valence-corrected chi connectivity index (χ2v) is 31.2. The fraction of sp³-hybridized carbons (Fsp3) is 1.00. The lowest BCUT2D eigenvalue weighted by Crippen LogP contribution is -2.70. The quantitative estimate of drug-likeness (QED) is 0.0450. The molecule has 360 valence electrons. The van der Waals surface area contributed by atoms with E-state index in [1.54, 1.807) is 0 Å². The first kappa shape index (κ1) is 58.5. The second kappa shape index (κ2) is 42.2. The Kier molecular flexibility index (Phi) is 41.2. The zero-order chi connectivity index (χ0) is 43.6. The van der Waals surface area contributed by atoms with Gasteiger partial charge in [-0.05, 0) is 36.3 Å². The minimum atomic E-state index is -2.45. The predicted molar refractivity (Wildman–Crippen MR) is 277 cm³/mol. The van der Waals surface area contributed by atoms with Crippen LogP contribution >= 0.6 is 0 Å². The largest absolute Gasteiger partial charge is 0.415 e. The first-order chi connectivity index (χ1) is 29.5. The lowest BCUT2D eigenvalue weighted by Gasteiger charge is -2.54. The molecule has 1 aliphatic heterocycles. The zero-order valence-electron chi connectivity index (χ0n) is 42.7. The van der Waals surface area contributed by atoms with Gasteiger partial charge in [0.1, 0.15) is 0 Å². The molecule has 0 aromatic heterocycles. The Balaban J connectivity index is 3.55. The van der Waals surface area contributed by atoms with E-state index in [2.05, 4.69) is 41.5 Å². The molecule has 0 spiro atoms. The van der Waals surface area contributed by atoms with Crippen molar-refractivity contribution in [2.24, 2.45) is 0 Å². The van der Waals surface area contributed by atoms with Gasteiger partial charge in [-0.15, -0.1) is 0 Å². The van der Waals surface area contributed by atoms with Crippen molar-refractivity contribution >= 4 is 25.7 Å². The van der Waals surface area contributed by atoms with E-state index in [-0.39, 0.29) is 0 Å². The average Bonchev–Trinajstić information content (AvgIpc) is 3.24. The Morgan fingerprint density at radius 1 is 0.167 bits per heavy atom. The fourth-order valence-corrected chi connectivity index (χ4v) is 30.3. The van der Waals surface area contributed by atoms with Crippen LogP contribution in [0, 0.1) is 0 Å². The van der Waals surface area contributed by atoms with Gasteiger partial charge in [0, 0.05) is 0 Å². The van der Waals surface area contributed by atoms with Crippen LogP contribution in [0.1, 0.15) is 311 Å². The molecule has 1 rings (SSSR count). The summed E-state index contributed by atoms with van der Waals surface area (Å²) in [5.74, 6) is 0. The topological polar surface area (TPSA) is 27.7 Å². The molecule has 1 aliphatic rings. The van der Waals surface area contributed by atoms with Crippen LogP contribution in [0.5, 0.6) is 0 Å². The van der Waals surface area contributed by atoms with Gasteiger partial charge in [-0.1, -0.05) is 311 Å². The van der Waals surface area contributed by atoms with Crippen LogP contribution in [0.2, 0.25) is 36.3 Å². The summed E-state index contributed by atoms with van der Waals surface area (Å²) in [5, 5.41) is 0. The van der Waals surface area contributed by atoms with E-state index in [1.807, 2.05) is 0 Å². The normalized spacial score (nSPS) is 15.9. The van der Waals surface area contributed by atoms with Gasteiger partial charge in [-0.25, -0.2) is 0 Å². The Morgan fingerprint density at radius 3 is 0.417 bits per heavy atom. The highest BCUT2D eigenvalue weighted by molar-refractivity contribution is 6.94. The molecule has 3 nitrogen and oxygen atoms in total. The van der Waals surface area contributed by atoms with E-state index in [0.717, 1.165) is 0 Å². The molecular formula is C54H114O3Si3. The molecule has 0 amide bonds. The minimum absolute atomic E-state index is 1.26. The van der Waals surface area contributed by atoms with Crippen LogP contribution < -0.4 is 0 Å². The van der Waals surface area contributed by atoms with Crippen LogP contribution in [-0.2, 0) is 12.3 Å². The van der Waals surface area contributed by atoms with Crippen LogP contribution in [-0.4, -0.2) is 25.7 Å². The van der Waals surface area contributed by atoms with E-state index < -0.39 is 25.7 Å². The Labute approximate surface area is 383 Å². The van der Waals surface area contributed by atoms with E-state index >= 15 is 0 Å². The summed E-state index contributed by atoms with van der Waals surface area (Å²) in [4.78, 5) is 0. The van der Waals surface area contributed by atoms with E-state index in [4.69, 9.17) is 12.3 Å². The van der Waals surface area contributed by atoms with Gasteiger partial charge in [0.15, 0.2) is 0 Å². The Morgan fingerprint density at radius 2 is 0.283 bits per heavy atom. The van der Waals surface area contributed by atoms with E-state index in [1.165, 1.54) is 306 Å². The highest BCUT2D eigenvalue weighted by Crippen LogP contribution is 2.46. The molecule has 6 heteroatoms. The van der Waals surface area contributed by atoms with Crippen LogP contribution in [0.15, 0.2) is 0 Å². The average molecular weight is 896 g/mol.